The van der Waals surface area contributed by atoms with Crippen LogP contribution in [0.5, 0.6) is 5.88 Å². The molecule has 0 bridgehead atoms. The van der Waals surface area contributed by atoms with Crippen molar-refractivity contribution >= 4 is 33.9 Å². The number of ether oxygens (including phenoxy) is 1. The molecule has 2 N–H and O–H groups in total. The van der Waals surface area contributed by atoms with Gasteiger partial charge >= 0.3 is 12.4 Å². The molecule has 0 aliphatic carbocycles. The molecule has 9 nitrogen and oxygen atoms in total. The maximum absolute atomic E-state index is 12.9. The Hall–Kier alpha value is -3.53. The van der Waals surface area contributed by atoms with Crippen LogP contribution in [0, 0.1) is 12.8 Å². The number of rotatable bonds is 9. The first-order chi connectivity index (χ1) is 18.4. The Morgan fingerprint density at radius 1 is 1.13 bits per heavy atom. The highest BCUT2D eigenvalue weighted by molar-refractivity contribution is 7.10. The molecule has 1 saturated heterocycles. The van der Waals surface area contributed by atoms with Crippen LogP contribution in [0.2, 0.25) is 0 Å². The molecule has 0 spiro atoms. The Kier molecular flexibility index (Phi) is 8.54. The second-order valence-electron chi connectivity index (χ2n) is 8.85. The standard InChI is InChI=1S/C23H23F6N7O2S/c1-13-19(21(39-35-13)34-17-10-30-16(9-31-17)23(27,28)29)20(37)33-15-2-3-18(32-8-15)38-12-14-4-6-36(11-14)7-5-22(24,25)26/h2-3,8-10,14H,4-7,11-12H2,1H3,(H,31,34)(H,33,37)/t14-/m0/s1. The molecule has 210 valence electrons. The number of alkyl halides is 6. The number of likely N-dealkylation sites (tertiary alicyclic amines) is 1. The van der Waals surface area contributed by atoms with E-state index in [1.165, 1.54) is 6.20 Å². The molecule has 0 radical (unpaired) electrons. The minimum atomic E-state index is -4.62. The van der Waals surface area contributed by atoms with E-state index in [2.05, 4.69) is 30.0 Å². The number of nitrogens with zero attached hydrogens (tertiary/aromatic N) is 5. The van der Waals surface area contributed by atoms with Crippen LogP contribution >= 0.6 is 11.5 Å². The number of aromatic nitrogens is 4. The van der Waals surface area contributed by atoms with E-state index in [1.807, 2.05) is 0 Å². The van der Waals surface area contributed by atoms with E-state index >= 15 is 0 Å². The van der Waals surface area contributed by atoms with Crippen molar-refractivity contribution in [1.29, 1.82) is 0 Å². The molecule has 39 heavy (non-hydrogen) atoms. The zero-order valence-electron chi connectivity index (χ0n) is 20.4. The van der Waals surface area contributed by atoms with Crippen molar-refractivity contribution in [3.05, 3.63) is 47.7 Å². The van der Waals surface area contributed by atoms with E-state index in [1.54, 1.807) is 24.0 Å². The molecule has 3 aromatic heterocycles. The van der Waals surface area contributed by atoms with Crippen molar-refractivity contribution in [2.75, 3.05) is 36.9 Å². The number of carbonyl (C=O) groups is 1. The average molecular weight is 576 g/mol. The molecule has 1 aliphatic rings. The van der Waals surface area contributed by atoms with Gasteiger partial charge in [0.15, 0.2) is 5.69 Å². The van der Waals surface area contributed by atoms with E-state index in [0.717, 1.165) is 24.2 Å². The third-order valence-electron chi connectivity index (χ3n) is 5.82. The summed E-state index contributed by atoms with van der Waals surface area (Å²) in [4.78, 5) is 25.9. The van der Waals surface area contributed by atoms with Crippen LogP contribution < -0.4 is 15.4 Å². The summed E-state index contributed by atoms with van der Waals surface area (Å²) in [7, 11) is 0. The smallest absolute Gasteiger partial charge is 0.434 e. The zero-order valence-corrected chi connectivity index (χ0v) is 21.3. The number of pyridine rings is 1. The predicted molar refractivity (Wildman–Crippen MR) is 130 cm³/mol. The van der Waals surface area contributed by atoms with Gasteiger partial charge in [-0.1, -0.05) is 0 Å². The molecule has 1 amide bonds. The van der Waals surface area contributed by atoms with Crippen LogP contribution in [0.1, 0.15) is 34.6 Å². The monoisotopic (exact) mass is 575 g/mol. The summed E-state index contributed by atoms with van der Waals surface area (Å²) in [6.07, 6.45) is -6.01. The third kappa shape index (κ3) is 7.98. The fourth-order valence-corrected chi connectivity index (χ4v) is 4.65. The zero-order chi connectivity index (χ0) is 28.2. The maximum atomic E-state index is 12.9. The molecule has 1 atom stereocenters. The van der Waals surface area contributed by atoms with Gasteiger partial charge in [-0.05, 0) is 37.5 Å². The van der Waals surface area contributed by atoms with Crippen LogP contribution in [0.25, 0.3) is 0 Å². The Morgan fingerprint density at radius 3 is 2.56 bits per heavy atom. The van der Waals surface area contributed by atoms with E-state index in [9.17, 15) is 31.1 Å². The summed E-state index contributed by atoms with van der Waals surface area (Å²) in [6, 6.07) is 3.13. The normalized spacial score (nSPS) is 16.3. The largest absolute Gasteiger partial charge is 0.477 e. The lowest BCUT2D eigenvalue weighted by molar-refractivity contribution is -0.141. The molecule has 1 fully saturated rings. The van der Waals surface area contributed by atoms with Gasteiger partial charge in [0.2, 0.25) is 5.88 Å². The van der Waals surface area contributed by atoms with Crippen molar-refractivity contribution < 1.29 is 35.9 Å². The fraction of sp³-hybridized carbons (Fsp3) is 0.435. The highest BCUT2D eigenvalue weighted by Gasteiger charge is 2.33. The molecular formula is C23H23F6N7O2S. The van der Waals surface area contributed by atoms with Crippen molar-refractivity contribution in [3.63, 3.8) is 0 Å². The van der Waals surface area contributed by atoms with Crippen LogP contribution in [0.3, 0.4) is 0 Å². The first-order valence-corrected chi connectivity index (χ1v) is 12.5. The van der Waals surface area contributed by atoms with E-state index in [0.29, 0.717) is 43.2 Å². The van der Waals surface area contributed by atoms with E-state index in [4.69, 9.17) is 4.74 Å². The van der Waals surface area contributed by atoms with Crippen LogP contribution in [0.4, 0.5) is 42.8 Å². The highest BCUT2D eigenvalue weighted by Crippen LogP contribution is 2.30. The predicted octanol–water partition coefficient (Wildman–Crippen LogP) is 5.30. The first-order valence-electron chi connectivity index (χ1n) is 11.7. The Bertz CT molecular complexity index is 1270. The van der Waals surface area contributed by atoms with Gasteiger partial charge in [-0.2, -0.15) is 30.7 Å². The maximum Gasteiger partial charge on any atom is 0.434 e. The molecule has 4 rings (SSSR count). The number of amides is 1. The molecule has 16 heteroatoms. The van der Waals surface area contributed by atoms with Crippen LogP contribution in [-0.4, -0.2) is 62.6 Å². The number of nitrogens with one attached hydrogen (secondary N) is 2. The van der Waals surface area contributed by atoms with Crippen molar-refractivity contribution in [2.45, 2.75) is 32.1 Å². The lowest BCUT2D eigenvalue weighted by Crippen LogP contribution is -2.27. The third-order valence-corrected chi connectivity index (χ3v) is 6.67. The second-order valence-corrected chi connectivity index (χ2v) is 9.63. The second kappa shape index (κ2) is 11.7. The van der Waals surface area contributed by atoms with Gasteiger partial charge in [0.1, 0.15) is 10.8 Å². The number of hydrogen-bond acceptors (Lipinski definition) is 9. The van der Waals surface area contributed by atoms with Crippen molar-refractivity contribution in [3.8, 4) is 5.88 Å². The molecular weight excluding hydrogens is 552 g/mol. The summed E-state index contributed by atoms with van der Waals surface area (Å²) in [5.41, 5.74) is -0.207. The molecule has 0 unspecified atom stereocenters. The number of hydrogen-bond donors (Lipinski definition) is 2. The Labute approximate surface area is 222 Å². The average Bonchev–Trinajstić information content (AvgIpc) is 3.48. The van der Waals surface area contributed by atoms with E-state index < -0.39 is 30.4 Å². The van der Waals surface area contributed by atoms with E-state index in [-0.39, 0.29) is 28.8 Å². The SMILES string of the molecule is Cc1nsc(Nc2cnc(C(F)(F)F)cn2)c1C(=O)Nc1ccc(OC[C@H]2CCN(CCC(F)(F)F)C2)nc1. The van der Waals surface area contributed by atoms with Gasteiger partial charge in [0.05, 0.1) is 48.6 Å². The van der Waals surface area contributed by atoms with Crippen molar-refractivity contribution in [1.82, 2.24) is 24.2 Å². The number of aryl methyl sites for hydroxylation is 1. The number of carbonyl (C=O) groups excluding carboxylic acids is 1. The summed E-state index contributed by atoms with van der Waals surface area (Å²) in [5.74, 6) is -0.120. The minimum Gasteiger partial charge on any atom is -0.477 e. The van der Waals surface area contributed by atoms with Crippen molar-refractivity contribution in [2.24, 2.45) is 5.92 Å². The molecule has 4 heterocycles. The summed E-state index contributed by atoms with van der Waals surface area (Å²) < 4.78 is 85.2. The molecule has 0 aromatic carbocycles. The lowest BCUT2D eigenvalue weighted by atomic mass is 10.1. The van der Waals surface area contributed by atoms with Gasteiger partial charge in [-0.25, -0.2) is 15.0 Å². The first kappa shape index (κ1) is 28.5. The highest BCUT2D eigenvalue weighted by atomic mass is 32.1. The van der Waals surface area contributed by atoms with Crippen LogP contribution in [-0.2, 0) is 6.18 Å². The minimum absolute atomic E-state index is 0.00889. The summed E-state index contributed by atoms with van der Waals surface area (Å²) in [6.45, 7) is 3.00. The van der Waals surface area contributed by atoms with Gasteiger partial charge in [-0.3, -0.25) is 4.79 Å². The van der Waals surface area contributed by atoms with Gasteiger partial charge in [-0.15, -0.1) is 0 Å². The quantitative estimate of drug-likeness (QED) is 0.331. The molecule has 1 aliphatic heterocycles. The molecule has 0 saturated carbocycles. The van der Waals surface area contributed by atoms with Gasteiger partial charge in [0, 0.05) is 25.1 Å². The van der Waals surface area contributed by atoms with Gasteiger partial charge < -0.3 is 20.3 Å². The Morgan fingerprint density at radius 2 is 1.92 bits per heavy atom. The summed E-state index contributed by atoms with van der Waals surface area (Å²) in [5, 5.41) is 5.72. The fourth-order valence-electron chi connectivity index (χ4n) is 3.85. The molecule has 3 aromatic rings. The summed E-state index contributed by atoms with van der Waals surface area (Å²) >= 11 is 0.938. The number of halogens is 6. The number of anilines is 3. The topological polar surface area (TPSA) is 105 Å². The van der Waals surface area contributed by atoms with Crippen LogP contribution in [0.15, 0.2) is 30.7 Å². The lowest BCUT2D eigenvalue weighted by Gasteiger charge is -2.17. The van der Waals surface area contributed by atoms with Gasteiger partial charge in [0.25, 0.3) is 5.91 Å². The Balaban J connectivity index is 1.30.